The van der Waals surface area contributed by atoms with E-state index in [0.29, 0.717) is 17.7 Å². The Morgan fingerprint density at radius 3 is 2.43 bits per heavy atom. The average Bonchev–Trinajstić information content (AvgIpc) is 2.89. The molecule has 0 amide bonds. The molecule has 0 radical (unpaired) electrons. The molecule has 0 saturated heterocycles. The van der Waals surface area contributed by atoms with Gasteiger partial charge >= 0.3 is 5.97 Å². The van der Waals surface area contributed by atoms with E-state index >= 15 is 0 Å². The van der Waals surface area contributed by atoms with Crippen molar-refractivity contribution in [3.05, 3.63) is 57.8 Å². The van der Waals surface area contributed by atoms with Crippen LogP contribution in [0.1, 0.15) is 16.7 Å². The fourth-order valence-electron chi connectivity index (χ4n) is 1.80. The highest BCUT2D eigenvalue weighted by Crippen LogP contribution is 2.24. The average molecular weight is 303 g/mol. The number of carboxylic acid groups (broad SMARTS) is 1. The maximum Gasteiger partial charge on any atom is 0.376 e. The number of benzene rings is 1. The second-order valence-electron chi connectivity index (χ2n) is 4.43. The summed E-state index contributed by atoms with van der Waals surface area (Å²) >= 11 is 1.37. The lowest BCUT2D eigenvalue weighted by Gasteiger charge is -2.04. The summed E-state index contributed by atoms with van der Waals surface area (Å²) in [7, 11) is 0. The number of rotatable bonds is 5. The van der Waals surface area contributed by atoms with Crippen molar-refractivity contribution in [1.29, 1.82) is 0 Å². The monoisotopic (exact) mass is 303 g/mol. The van der Waals surface area contributed by atoms with Gasteiger partial charge in [0.1, 0.15) is 5.76 Å². The van der Waals surface area contributed by atoms with Gasteiger partial charge in [0, 0.05) is 22.7 Å². The Morgan fingerprint density at radius 2 is 1.81 bits per heavy atom. The minimum atomic E-state index is -1.60. The third kappa shape index (κ3) is 3.70. The molecule has 1 aromatic heterocycles. The molecule has 1 aromatic carbocycles. The van der Waals surface area contributed by atoms with Gasteiger partial charge in [-0.2, -0.15) is 11.3 Å². The number of anilines is 1. The van der Waals surface area contributed by atoms with Gasteiger partial charge in [-0.1, -0.05) is 12.1 Å². The first-order valence-electron chi connectivity index (χ1n) is 6.05. The number of ketones is 1. The molecule has 0 aliphatic carbocycles. The van der Waals surface area contributed by atoms with Crippen LogP contribution in [0.2, 0.25) is 0 Å². The van der Waals surface area contributed by atoms with Crippen LogP contribution in [0.5, 0.6) is 0 Å². The van der Waals surface area contributed by atoms with Gasteiger partial charge in [-0.3, -0.25) is 4.79 Å². The molecule has 21 heavy (non-hydrogen) atoms. The van der Waals surface area contributed by atoms with Gasteiger partial charge in [-0.25, -0.2) is 4.79 Å². The predicted octanol–water partition coefficient (Wildman–Crippen LogP) is 2.47. The molecule has 0 fully saturated rings. The predicted molar refractivity (Wildman–Crippen MR) is 81.2 cm³/mol. The highest BCUT2D eigenvalue weighted by molar-refractivity contribution is 7.08. The minimum Gasteiger partial charge on any atom is -0.507 e. The molecule has 0 atom stereocenters. The van der Waals surface area contributed by atoms with Crippen LogP contribution in [0.3, 0.4) is 0 Å². The number of aliphatic carboxylic acids is 1. The number of carboxylic acids is 1. The SMILES string of the molecule is Nc1ccc(Cc2cscc2C(O)=CC(=O)C(=O)O)cc1. The number of carbonyl (C=O) groups is 2. The van der Waals surface area contributed by atoms with Crippen molar-refractivity contribution in [3.63, 3.8) is 0 Å². The van der Waals surface area contributed by atoms with Gasteiger partial charge in [-0.05, 0) is 35.1 Å². The number of nitrogen functional groups attached to an aromatic ring is 1. The molecule has 2 rings (SSSR count). The lowest BCUT2D eigenvalue weighted by molar-refractivity contribution is -0.146. The number of thiophene rings is 1. The van der Waals surface area contributed by atoms with Crippen molar-refractivity contribution in [3.8, 4) is 0 Å². The first-order chi connectivity index (χ1) is 9.97. The molecule has 0 aliphatic heterocycles. The van der Waals surface area contributed by atoms with Crippen LogP contribution in [0, 0.1) is 0 Å². The van der Waals surface area contributed by atoms with Crippen molar-refractivity contribution < 1.29 is 19.8 Å². The fourth-order valence-corrected chi connectivity index (χ4v) is 2.66. The number of hydrogen-bond donors (Lipinski definition) is 3. The zero-order valence-electron chi connectivity index (χ0n) is 10.9. The van der Waals surface area contributed by atoms with Crippen molar-refractivity contribution in [1.82, 2.24) is 0 Å². The van der Waals surface area contributed by atoms with Crippen molar-refractivity contribution in [2.45, 2.75) is 6.42 Å². The summed E-state index contributed by atoms with van der Waals surface area (Å²) in [5.41, 5.74) is 8.57. The fraction of sp³-hybridized carbons (Fsp3) is 0.0667. The van der Waals surface area contributed by atoms with E-state index in [-0.39, 0.29) is 5.76 Å². The maximum atomic E-state index is 11.1. The third-order valence-electron chi connectivity index (χ3n) is 2.87. The normalized spacial score (nSPS) is 11.3. The molecular formula is C15H13NO4S. The molecule has 6 heteroatoms. The molecule has 0 aliphatic rings. The summed E-state index contributed by atoms with van der Waals surface area (Å²) in [6, 6.07) is 7.32. The van der Waals surface area contributed by atoms with Crippen LogP contribution in [0.15, 0.2) is 41.1 Å². The number of nitrogens with two attached hydrogens (primary N) is 1. The summed E-state index contributed by atoms with van der Waals surface area (Å²) in [6.45, 7) is 0. The quantitative estimate of drug-likeness (QED) is 0.341. The zero-order valence-corrected chi connectivity index (χ0v) is 11.8. The van der Waals surface area contributed by atoms with Gasteiger partial charge in [0.05, 0.1) is 0 Å². The van der Waals surface area contributed by atoms with Crippen molar-refractivity contribution >= 4 is 34.5 Å². The Balaban J connectivity index is 2.24. The van der Waals surface area contributed by atoms with E-state index in [0.717, 1.165) is 17.2 Å². The molecular weight excluding hydrogens is 290 g/mol. The van der Waals surface area contributed by atoms with Crippen LogP contribution >= 0.6 is 11.3 Å². The van der Waals surface area contributed by atoms with E-state index in [1.807, 2.05) is 17.5 Å². The van der Waals surface area contributed by atoms with E-state index in [2.05, 4.69) is 0 Å². The molecule has 0 saturated carbocycles. The van der Waals surface area contributed by atoms with Gasteiger partial charge in [0.25, 0.3) is 5.78 Å². The first kappa shape index (κ1) is 14.8. The van der Waals surface area contributed by atoms with Gasteiger partial charge in [0.15, 0.2) is 0 Å². The molecule has 4 N–H and O–H groups in total. The lowest BCUT2D eigenvalue weighted by Crippen LogP contribution is -2.09. The summed E-state index contributed by atoms with van der Waals surface area (Å²) in [5.74, 6) is -3.09. The van der Waals surface area contributed by atoms with E-state index in [4.69, 9.17) is 10.8 Å². The van der Waals surface area contributed by atoms with E-state index in [9.17, 15) is 14.7 Å². The van der Waals surface area contributed by atoms with E-state index in [1.165, 1.54) is 11.3 Å². The third-order valence-corrected chi connectivity index (χ3v) is 3.66. The number of aliphatic hydroxyl groups is 1. The summed E-state index contributed by atoms with van der Waals surface area (Å²) in [6.07, 6.45) is 1.27. The highest BCUT2D eigenvalue weighted by Gasteiger charge is 2.14. The zero-order chi connectivity index (χ0) is 15.4. The van der Waals surface area contributed by atoms with Gasteiger partial charge in [0.2, 0.25) is 0 Å². The molecule has 108 valence electrons. The Hall–Kier alpha value is -2.60. The Labute approximate surface area is 125 Å². The standard InChI is InChI=1S/C15H13NO4S/c16-11-3-1-9(2-4-11)5-10-7-21-8-12(10)13(17)6-14(18)15(19)20/h1-4,6-8,17H,5,16H2,(H,19,20). The molecule has 0 bridgehead atoms. The summed E-state index contributed by atoms with van der Waals surface area (Å²) in [4.78, 5) is 21.6. The van der Waals surface area contributed by atoms with Crippen molar-refractivity contribution in [2.24, 2.45) is 0 Å². The largest absolute Gasteiger partial charge is 0.507 e. The Morgan fingerprint density at radius 1 is 1.14 bits per heavy atom. The topological polar surface area (TPSA) is 101 Å². The summed E-state index contributed by atoms with van der Waals surface area (Å²) < 4.78 is 0. The Bertz CT molecular complexity index is 701. The Kier molecular flexibility index (Phi) is 4.39. The maximum absolute atomic E-state index is 11.1. The second kappa shape index (κ2) is 6.23. The van der Waals surface area contributed by atoms with Gasteiger partial charge < -0.3 is 15.9 Å². The highest BCUT2D eigenvalue weighted by atomic mass is 32.1. The lowest BCUT2D eigenvalue weighted by atomic mass is 10.0. The van der Waals surface area contributed by atoms with Crippen LogP contribution in [-0.2, 0) is 16.0 Å². The summed E-state index contributed by atoms with van der Waals surface area (Å²) in [5, 5.41) is 22.0. The number of hydrogen-bond acceptors (Lipinski definition) is 5. The molecule has 0 spiro atoms. The number of carbonyl (C=O) groups excluding carboxylic acids is 1. The van der Waals surface area contributed by atoms with Crippen LogP contribution in [-0.4, -0.2) is 22.0 Å². The van der Waals surface area contributed by atoms with Gasteiger partial charge in [-0.15, -0.1) is 0 Å². The molecule has 2 aromatic rings. The first-order valence-corrected chi connectivity index (χ1v) is 6.99. The number of aliphatic hydroxyl groups excluding tert-OH is 1. The smallest absolute Gasteiger partial charge is 0.376 e. The van der Waals surface area contributed by atoms with Crippen LogP contribution < -0.4 is 5.73 Å². The van der Waals surface area contributed by atoms with E-state index < -0.39 is 11.8 Å². The van der Waals surface area contributed by atoms with Crippen LogP contribution in [0.4, 0.5) is 5.69 Å². The van der Waals surface area contributed by atoms with E-state index in [1.54, 1.807) is 17.5 Å². The molecule has 1 heterocycles. The van der Waals surface area contributed by atoms with Crippen molar-refractivity contribution in [2.75, 3.05) is 5.73 Å². The molecule has 5 nitrogen and oxygen atoms in total. The van der Waals surface area contributed by atoms with Crippen LogP contribution in [0.25, 0.3) is 5.76 Å². The second-order valence-corrected chi connectivity index (χ2v) is 5.17. The minimum absolute atomic E-state index is 0.339. The molecule has 0 unspecified atom stereocenters.